The third-order valence-electron chi connectivity index (χ3n) is 2.40. The molecule has 0 unspecified atom stereocenters. The van der Waals surface area contributed by atoms with Gasteiger partial charge in [0.1, 0.15) is 0 Å². The highest BCUT2D eigenvalue weighted by Crippen LogP contribution is 2.13. The lowest BCUT2D eigenvalue weighted by molar-refractivity contribution is -0.114. The fourth-order valence-electron chi connectivity index (χ4n) is 1.38. The number of oxime groups is 1. The highest BCUT2D eigenvalue weighted by atomic mass is 16.6. The van der Waals surface area contributed by atoms with Gasteiger partial charge in [0.05, 0.1) is 0 Å². The monoisotopic (exact) mass is 189 g/mol. The standard InChI is InChI=1S/C11H11NO2/c1-7-3-4-9(5-8(7)2)11-10(13)6-14-12-11/h3-5H,6H2,1-2H3. The van der Waals surface area contributed by atoms with E-state index in [1.54, 1.807) is 0 Å². The van der Waals surface area contributed by atoms with E-state index >= 15 is 0 Å². The largest absolute Gasteiger partial charge is 0.387 e. The first-order valence-electron chi connectivity index (χ1n) is 4.49. The second kappa shape index (κ2) is 3.25. The maximum absolute atomic E-state index is 11.3. The molecule has 0 fully saturated rings. The molecule has 1 aromatic rings. The van der Waals surface area contributed by atoms with Crippen LogP contribution in [-0.4, -0.2) is 18.1 Å². The van der Waals surface area contributed by atoms with Crippen molar-refractivity contribution in [2.24, 2.45) is 5.16 Å². The van der Waals surface area contributed by atoms with Crippen molar-refractivity contribution in [1.82, 2.24) is 0 Å². The van der Waals surface area contributed by atoms with Crippen LogP contribution in [0.15, 0.2) is 23.4 Å². The molecule has 1 aliphatic rings. The number of carbonyl (C=O) groups is 1. The Kier molecular flexibility index (Phi) is 2.08. The van der Waals surface area contributed by atoms with Gasteiger partial charge in [0, 0.05) is 5.56 Å². The number of ketones is 1. The van der Waals surface area contributed by atoms with Crippen molar-refractivity contribution in [2.75, 3.05) is 6.61 Å². The summed E-state index contributed by atoms with van der Waals surface area (Å²) in [5, 5.41) is 3.72. The molecule has 0 radical (unpaired) electrons. The number of hydrogen-bond acceptors (Lipinski definition) is 3. The predicted molar refractivity (Wildman–Crippen MR) is 53.4 cm³/mol. The molecule has 0 atom stereocenters. The van der Waals surface area contributed by atoms with Gasteiger partial charge >= 0.3 is 0 Å². The molecule has 0 saturated heterocycles. The minimum atomic E-state index is -0.0479. The molecule has 2 rings (SSSR count). The van der Waals surface area contributed by atoms with Crippen molar-refractivity contribution in [3.05, 3.63) is 34.9 Å². The SMILES string of the molecule is Cc1ccc(C2=NOCC2=O)cc1C. The summed E-state index contributed by atoms with van der Waals surface area (Å²) in [5.41, 5.74) is 3.65. The van der Waals surface area contributed by atoms with Crippen LogP contribution in [0, 0.1) is 13.8 Å². The summed E-state index contributed by atoms with van der Waals surface area (Å²) in [7, 11) is 0. The Morgan fingerprint density at radius 3 is 2.64 bits per heavy atom. The van der Waals surface area contributed by atoms with Crippen LogP contribution in [0.5, 0.6) is 0 Å². The first kappa shape index (κ1) is 8.94. The normalized spacial score (nSPS) is 15.3. The third kappa shape index (κ3) is 1.41. The van der Waals surface area contributed by atoms with Crippen molar-refractivity contribution in [3.63, 3.8) is 0 Å². The van der Waals surface area contributed by atoms with E-state index < -0.39 is 0 Å². The number of nitrogens with zero attached hydrogens (tertiary/aromatic N) is 1. The third-order valence-corrected chi connectivity index (χ3v) is 2.40. The van der Waals surface area contributed by atoms with Gasteiger partial charge in [-0.1, -0.05) is 17.3 Å². The minimum Gasteiger partial charge on any atom is -0.387 e. The van der Waals surface area contributed by atoms with Crippen LogP contribution in [0.25, 0.3) is 0 Å². The molecule has 1 aliphatic heterocycles. The molecule has 0 saturated carbocycles. The number of rotatable bonds is 1. The van der Waals surface area contributed by atoms with Crippen molar-refractivity contribution < 1.29 is 9.63 Å². The van der Waals surface area contributed by atoms with Gasteiger partial charge in [-0.05, 0) is 31.0 Å². The molecule has 72 valence electrons. The first-order chi connectivity index (χ1) is 6.68. The topological polar surface area (TPSA) is 38.7 Å². The lowest BCUT2D eigenvalue weighted by Gasteiger charge is -2.02. The summed E-state index contributed by atoms with van der Waals surface area (Å²) < 4.78 is 0. The van der Waals surface area contributed by atoms with Crippen molar-refractivity contribution in [1.29, 1.82) is 0 Å². The average molecular weight is 189 g/mol. The Morgan fingerprint density at radius 2 is 2.07 bits per heavy atom. The molecule has 0 bridgehead atoms. The summed E-state index contributed by atoms with van der Waals surface area (Å²) in [6.07, 6.45) is 0. The van der Waals surface area contributed by atoms with Gasteiger partial charge in [0.25, 0.3) is 0 Å². The molecule has 3 nitrogen and oxygen atoms in total. The van der Waals surface area contributed by atoms with Gasteiger partial charge in [-0.15, -0.1) is 0 Å². The van der Waals surface area contributed by atoms with E-state index in [4.69, 9.17) is 4.84 Å². The summed E-state index contributed by atoms with van der Waals surface area (Å²) in [4.78, 5) is 16.0. The average Bonchev–Trinajstić information content (AvgIpc) is 2.57. The fourth-order valence-corrected chi connectivity index (χ4v) is 1.38. The number of benzene rings is 1. The second-order valence-electron chi connectivity index (χ2n) is 3.44. The van der Waals surface area contributed by atoms with Crippen LogP contribution in [0.2, 0.25) is 0 Å². The molecular formula is C11H11NO2. The van der Waals surface area contributed by atoms with Crippen LogP contribution in [0.4, 0.5) is 0 Å². The zero-order chi connectivity index (χ0) is 10.1. The predicted octanol–water partition coefficient (Wildman–Crippen LogP) is 1.61. The summed E-state index contributed by atoms with van der Waals surface area (Å²) in [6.45, 7) is 4.12. The Hall–Kier alpha value is -1.64. The maximum atomic E-state index is 11.3. The molecule has 0 N–H and O–H groups in total. The van der Waals surface area contributed by atoms with Gasteiger partial charge in [0.15, 0.2) is 12.3 Å². The van der Waals surface area contributed by atoms with Gasteiger partial charge in [0.2, 0.25) is 5.78 Å². The second-order valence-corrected chi connectivity index (χ2v) is 3.44. The quantitative estimate of drug-likeness (QED) is 0.673. The van der Waals surface area contributed by atoms with Crippen LogP contribution in [0.3, 0.4) is 0 Å². The van der Waals surface area contributed by atoms with Crippen LogP contribution >= 0.6 is 0 Å². The number of aryl methyl sites for hydroxylation is 2. The summed E-state index contributed by atoms with van der Waals surface area (Å²) in [6, 6.07) is 5.84. The minimum absolute atomic E-state index is 0.0479. The molecular weight excluding hydrogens is 178 g/mol. The molecule has 3 heteroatoms. The van der Waals surface area contributed by atoms with Gasteiger partial charge in [-0.3, -0.25) is 4.79 Å². The summed E-state index contributed by atoms with van der Waals surface area (Å²) in [5.74, 6) is -0.0479. The number of carbonyl (C=O) groups excluding carboxylic acids is 1. The molecule has 0 spiro atoms. The molecule has 0 aromatic heterocycles. The molecule has 1 heterocycles. The summed E-state index contributed by atoms with van der Waals surface area (Å²) >= 11 is 0. The number of Topliss-reactive ketones (excluding diaryl/α,β-unsaturated/α-hetero) is 1. The highest BCUT2D eigenvalue weighted by Gasteiger charge is 2.21. The van der Waals surface area contributed by atoms with E-state index in [2.05, 4.69) is 5.16 Å². The van der Waals surface area contributed by atoms with Gasteiger partial charge in [-0.25, -0.2) is 0 Å². The van der Waals surface area contributed by atoms with Crippen molar-refractivity contribution in [2.45, 2.75) is 13.8 Å². The van der Waals surface area contributed by atoms with E-state index in [-0.39, 0.29) is 12.4 Å². The Labute approximate surface area is 82.4 Å². The fraction of sp³-hybridized carbons (Fsp3) is 0.273. The lowest BCUT2D eigenvalue weighted by Crippen LogP contribution is -2.13. The van der Waals surface area contributed by atoms with Crippen LogP contribution in [0.1, 0.15) is 16.7 Å². The van der Waals surface area contributed by atoms with E-state index in [9.17, 15) is 4.79 Å². The smallest absolute Gasteiger partial charge is 0.225 e. The molecule has 1 aromatic carbocycles. The van der Waals surface area contributed by atoms with Crippen molar-refractivity contribution >= 4 is 11.5 Å². The van der Waals surface area contributed by atoms with Gasteiger partial charge in [-0.2, -0.15) is 0 Å². The first-order valence-corrected chi connectivity index (χ1v) is 4.49. The Morgan fingerprint density at radius 1 is 1.29 bits per heavy atom. The van der Waals surface area contributed by atoms with Crippen LogP contribution < -0.4 is 0 Å². The highest BCUT2D eigenvalue weighted by molar-refractivity contribution is 6.47. The van der Waals surface area contributed by atoms with E-state index in [0.717, 1.165) is 11.1 Å². The van der Waals surface area contributed by atoms with Gasteiger partial charge < -0.3 is 4.84 Å². The maximum Gasteiger partial charge on any atom is 0.225 e. The lowest BCUT2D eigenvalue weighted by atomic mass is 10.0. The molecule has 0 aliphatic carbocycles. The van der Waals surface area contributed by atoms with E-state index in [1.807, 2.05) is 32.0 Å². The molecule has 0 amide bonds. The molecule has 14 heavy (non-hydrogen) atoms. The van der Waals surface area contributed by atoms with Crippen molar-refractivity contribution in [3.8, 4) is 0 Å². The van der Waals surface area contributed by atoms with E-state index in [0.29, 0.717) is 5.71 Å². The Bertz CT molecular complexity index is 421. The van der Waals surface area contributed by atoms with Crippen LogP contribution in [-0.2, 0) is 9.63 Å². The number of hydrogen-bond donors (Lipinski definition) is 0. The zero-order valence-corrected chi connectivity index (χ0v) is 8.20. The Balaban J connectivity index is 2.42. The van der Waals surface area contributed by atoms with E-state index in [1.165, 1.54) is 5.56 Å². The zero-order valence-electron chi connectivity index (χ0n) is 8.20.